The van der Waals surface area contributed by atoms with E-state index in [1.807, 2.05) is 13.0 Å². The van der Waals surface area contributed by atoms with E-state index >= 15 is 0 Å². The van der Waals surface area contributed by atoms with E-state index in [2.05, 4.69) is 5.32 Å². The van der Waals surface area contributed by atoms with Crippen LogP contribution in [0.1, 0.15) is 48.5 Å². The van der Waals surface area contributed by atoms with E-state index in [0.29, 0.717) is 30.0 Å². The van der Waals surface area contributed by atoms with Gasteiger partial charge in [0, 0.05) is 18.5 Å². The summed E-state index contributed by atoms with van der Waals surface area (Å²) in [5, 5.41) is 20.2. The smallest absolute Gasteiger partial charge is 0.303 e. The van der Waals surface area contributed by atoms with Gasteiger partial charge < -0.3 is 10.4 Å². The molecule has 0 aliphatic carbocycles. The number of nitrogens with one attached hydrogen (secondary N) is 1. The van der Waals surface area contributed by atoms with Crippen LogP contribution in [0.2, 0.25) is 0 Å². The third-order valence-electron chi connectivity index (χ3n) is 3.46. The Morgan fingerprint density at radius 3 is 2.48 bits per heavy atom. The molecule has 0 radical (unpaired) electrons. The first kappa shape index (κ1) is 16.7. The molecule has 0 fully saturated rings. The average molecular weight is 288 g/mol. The Bertz CT molecular complexity index is 517. The zero-order chi connectivity index (χ0) is 15.7. The molecule has 0 aromatic heterocycles. The van der Waals surface area contributed by atoms with Crippen molar-refractivity contribution in [3.8, 4) is 6.07 Å². The number of hydrogen-bond donors (Lipinski definition) is 2. The molecule has 5 heteroatoms. The normalized spacial score (nSPS) is 11.4. The van der Waals surface area contributed by atoms with Crippen LogP contribution >= 0.6 is 0 Å². The van der Waals surface area contributed by atoms with E-state index in [-0.39, 0.29) is 12.3 Å². The number of carboxylic acids is 1. The van der Waals surface area contributed by atoms with Crippen LogP contribution in [-0.4, -0.2) is 23.5 Å². The number of amides is 1. The molecule has 2 N–H and O–H groups in total. The summed E-state index contributed by atoms with van der Waals surface area (Å²) in [6.45, 7) is 2.55. The predicted octanol–water partition coefficient (Wildman–Crippen LogP) is 2.57. The SMILES string of the molecule is CCC(CCNC(=O)c1ccc(C#N)cc1)CCC(=O)O. The highest BCUT2D eigenvalue weighted by Crippen LogP contribution is 2.14. The molecular weight excluding hydrogens is 268 g/mol. The van der Waals surface area contributed by atoms with Crippen molar-refractivity contribution in [3.63, 3.8) is 0 Å². The van der Waals surface area contributed by atoms with E-state index < -0.39 is 5.97 Å². The van der Waals surface area contributed by atoms with E-state index in [1.54, 1.807) is 24.3 Å². The second kappa shape index (κ2) is 8.75. The zero-order valence-electron chi connectivity index (χ0n) is 12.1. The highest BCUT2D eigenvalue weighted by molar-refractivity contribution is 5.94. The van der Waals surface area contributed by atoms with Crippen molar-refractivity contribution in [1.29, 1.82) is 5.26 Å². The van der Waals surface area contributed by atoms with Crippen molar-refractivity contribution in [2.45, 2.75) is 32.6 Å². The molecule has 1 rings (SSSR count). The first-order valence-electron chi connectivity index (χ1n) is 7.07. The summed E-state index contributed by atoms with van der Waals surface area (Å²) in [5.41, 5.74) is 1.04. The summed E-state index contributed by atoms with van der Waals surface area (Å²) in [6.07, 6.45) is 2.48. The van der Waals surface area contributed by atoms with Gasteiger partial charge in [-0.1, -0.05) is 13.3 Å². The first-order valence-corrected chi connectivity index (χ1v) is 7.07. The second-order valence-corrected chi connectivity index (χ2v) is 4.94. The summed E-state index contributed by atoms with van der Waals surface area (Å²) in [6, 6.07) is 8.46. The molecule has 0 saturated heterocycles. The Balaban J connectivity index is 2.38. The predicted molar refractivity (Wildman–Crippen MR) is 78.8 cm³/mol. The van der Waals surface area contributed by atoms with Gasteiger partial charge in [0.15, 0.2) is 0 Å². The van der Waals surface area contributed by atoms with Crippen molar-refractivity contribution in [3.05, 3.63) is 35.4 Å². The van der Waals surface area contributed by atoms with Gasteiger partial charge >= 0.3 is 5.97 Å². The Kier molecular flexibility index (Phi) is 6.96. The molecule has 5 nitrogen and oxygen atoms in total. The maximum absolute atomic E-state index is 11.9. The van der Waals surface area contributed by atoms with Gasteiger partial charge in [-0.25, -0.2) is 0 Å². The molecule has 0 spiro atoms. The number of nitrogens with zero attached hydrogens (tertiary/aromatic N) is 1. The van der Waals surface area contributed by atoms with Crippen LogP contribution < -0.4 is 5.32 Å². The molecular formula is C16H20N2O3. The number of carboxylic acid groups (broad SMARTS) is 1. The quantitative estimate of drug-likeness (QED) is 0.769. The molecule has 1 aromatic carbocycles. The average Bonchev–Trinajstić information content (AvgIpc) is 2.50. The molecule has 0 saturated carbocycles. The Labute approximate surface area is 124 Å². The summed E-state index contributed by atoms with van der Waals surface area (Å²) in [4.78, 5) is 22.4. The molecule has 1 unspecified atom stereocenters. The van der Waals surface area contributed by atoms with Crippen molar-refractivity contribution < 1.29 is 14.7 Å². The molecule has 21 heavy (non-hydrogen) atoms. The number of aliphatic carboxylic acids is 1. The maximum Gasteiger partial charge on any atom is 0.303 e. The number of rotatable bonds is 8. The topological polar surface area (TPSA) is 90.2 Å². The fraction of sp³-hybridized carbons (Fsp3) is 0.438. The largest absolute Gasteiger partial charge is 0.481 e. The molecule has 0 bridgehead atoms. The van der Waals surface area contributed by atoms with E-state index in [0.717, 1.165) is 12.8 Å². The van der Waals surface area contributed by atoms with Gasteiger partial charge in [-0.05, 0) is 43.0 Å². The lowest BCUT2D eigenvalue weighted by Crippen LogP contribution is -2.26. The fourth-order valence-electron chi connectivity index (χ4n) is 2.07. The van der Waals surface area contributed by atoms with Crippen LogP contribution in [0.3, 0.4) is 0 Å². The summed E-state index contributed by atoms with van der Waals surface area (Å²) < 4.78 is 0. The molecule has 0 heterocycles. The summed E-state index contributed by atoms with van der Waals surface area (Å²) in [7, 11) is 0. The van der Waals surface area contributed by atoms with Crippen LogP contribution in [0.5, 0.6) is 0 Å². The van der Waals surface area contributed by atoms with Crippen LogP contribution in [-0.2, 0) is 4.79 Å². The van der Waals surface area contributed by atoms with Crippen LogP contribution in [0, 0.1) is 17.2 Å². The zero-order valence-corrected chi connectivity index (χ0v) is 12.1. The highest BCUT2D eigenvalue weighted by atomic mass is 16.4. The van der Waals surface area contributed by atoms with E-state index in [4.69, 9.17) is 10.4 Å². The van der Waals surface area contributed by atoms with Gasteiger partial charge in [0.25, 0.3) is 5.91 Å². The lowest BCUT2D eigenvalue weighted by Gasteiger charge is -2.14. The summed E-state index contributed by atoms with van der Waals surface area (Å²) in [5.74, 6) is -0.648. The van der Waals surface area contributed by atoms with Gasteiger partial charge in [0.2, 0.25) is 0 Å². The van der Waals surface area contributed by atoms with Gasteiger partial charge in [-0.2, -0.15) is 5.26 Å². The number of nitriles is 1. The highest BCUT2D eigenvalue weighted by Gasteiger charge is 2.10. The standard InChI is InChI=1S/C16H20N2O3/c1-2-12(5-8-15(19)20)9-10-18-16(21)14-6-3-13(11-17)4-7-14/h3-4,6-7,12H,2,5,8-10H2,1H3,(H,18,21)(H,19,20). The monoisotopic (exact) mass is 288 g/mol. The fourth-order valence-corrected chi connectivity index (χ4v) is 2.07. The first-order chi connectivity index (χ1) is 10.1. The minimum absolute atomic E-state index is 0.169. The number of carbonyl (C=O) groups is 2. The molecule has 0 aliphatic rings. The molecule has 112 valence electrons. The second-order valence-electron chi connectivity index (χ2n) is 4.94. The lowest BCUT2D eigenvalue weighted by molar-refractivity contribution is -0.137. The number of benzene rings is 1. The maximum atomic E-state index is 11.9. The van der Waals surface area contributed by atoms with Gasteiger partial charge in [0.1, 0.15) is 0 Å². The lowest BCUT2D eigenvalue weighted by atomic mass is 9.96. The van der Waals surface area contributed by atoms with Crippen molar-refractivity contribution >= 4 is 11.9 Å². The van der Waals surface area contributed by atoms with Crippen molar-refractivity contribution in [2.75, 3.05) is 6.54 Å². The Morgan fingerprint density at radius 1 is 1.29 bits per heavy atom. The Morgan fingerprint density at radius 2 is 1.95 bits per heavy atom. The Hall–Kier alpha value is -2.35. The van der Waals surface area contributed by atoms with Gasteiger partial charge in [-0.3, -0.25) is 9.59 Å². The molecule has 1 atom stereocenters. The van der Waals surface area contributed by atoms with Crippen molar-refractivity contribution in [2.24, 2.45) is 5.92 Å². The minimum atomic E-state index is -0.782. The van der Waals surface area contributed by atoms with Crippen LogP contribution in [0.15, 0.2) is 24.3 Å². The minimum Gasteiger partial charge on any atom is -0.481 e. The van der Waals surface area contributed by atoms with Crippen LogP contribution in [0.25, 0.3) is 0 Å². The van der Waals surface area contributed by atoms with Gasteiger partial charge in [-0.15, -0.1) is 0 Å². The third-order valence-corrected chi connectivity index (χ3v) is 3.46. The molecule has 0 aliphatic heterocycles. The van der Waals surface area contributed by atoms with Gasteiger partial charge in [0.05, 0.1) is 11.6 Å². The van der Waals surface area contributed by atoms with E-state index in [1.165, 1.54) is 0 Å². The van der Waals surface area contributed by atoms with Crippen LogP contribution in [0.4, 0.5) is 0 Å². The molecule has 1 amide bonds. The number of carbonyl (C=O) groups excluding carboxylic acids is 1. The van der Waals surface area contributed by atoms with Crippen molar-refractivity contribution in [1.82, 2.24) is 5.32 Å². The molecule has 1 aromatic rings. The van der Waals surface area contributed by atoms with E-state index in [9.17, 15) is 9.59 Å². The number of hydrogen-bond acceptors (Lipinski definition) is 3. The third kappa shape index (κ3) is 6.09. The summed E-state index contributed by atoms with van der Waals surface area (Å²) >= 11 is 0.